The van der Waals surface area contributed by atoms with Crippen LogP contribution in [0.1, 0.15) is 6.92 Å². The van der Waals surface area contributed by atoms with Crippen LogP contribution in [0.4, 0.5) is 11.5 Å². The molecule has 0 aliphatic rings. The molecule has 0 saturated carbocycles. The van der Waals surface area contributed by atoms with Gasteiger partial charge >= 0.3 is 0 Å². The summed E-state index contributed by atoms with van der Waals surface area (Å²) in [6, 6.07) is 17.0. The summed E-state index contributed by atoms with van der Waals surface area (Å²) in [5.74, 6) is 2.83. The molecule has 2 N–H and O–H groups in total. The summed E-state index contributed by atoms with van der Waals surface area (Å²) in [6.07, 6.45) is 1.80. The minimum absolute atomic E-state index is 0.228. The van der Waals surface area contributed by atoms with E-state index >= 15 is 0 Å². The summed E-state index contributed by atoms with van der Waals surface area (Å²) in [5.41, 5.74) is 3.67. The molecule has 0 fully saturated rings. The number of rotatable bonds is 5. The van der Waals surface area contributed by atoms with Gasteiger partial charge in [0.05, 0.1) is 23.8 Å². The summed E-state index contributed by atoms with van der Waals surface area (Å²) >= 11 is 0. The number of para-hydroxylation sites is 2. The van der Waals surface area contributed by atoms with Gasteiger partial charge in [0.15, 0.2) is 0 Å². The maximum atomic E-state index is 9.47. The summed E-state index contributed by atoms with van der Waals surface area (Å²) < 4.78 is 5.16. The molecule has 0 unspecified atom stereocenters. The van der Waals surface area contributed by atoms with Crippen molar-refractivity contribution >= 4 is 22.5 Å². The number of fused-ring (bicyclic) bond motifs is 1. The van der Waals surface area contributed by atoms with Gasteiger partial charge < -0.3 is 24.6 Å². The average molecular weight is 420 g/mol. The Balaban J connectivity index is 0.000000210. The highest BCUT2D eigenvalue weighted by Crippen LogP contribution is 2.25. The number of ether oxygens (including phenoxy) is 1. The number of imidazole rings is 1. The van der Waals surface area contributed by atoms with Crippen molar-refractivity contribution in [2.45, 2.75) is 6.92 Å². The molecule has 0 aliphatic carbocycles. The Kier molecular flexibility index (Phi) is 6.97. The van der Waals surface area contributed by atoms with Crippen molar-refractivity contribution in [1.29, 1.82) is 0 Å². The van der Waals surface area contributed by atoms with Crippen molar-refractivity contribution in [3.05, 3.63) is 60.8 Å². The summed E-state index contributed by atoms with van der Waals surface area (Å²) in [5, 5.41) is 9.47. The van der Waals surface area contributed by atoms with Crippen LogP contribution < -0.4 is 14.5 Å². The fraction of sp³-hybridized carbons (Fsp3) is 0.250. The van der Waals surface area contributed by atoms with Crippen molar-refractivity contribution in [1.82, 2.24) is 15.0 Å². The Morgan fingerprint density at radius 3 is 2.42 bits per heavy atom. The number of aromatic hydroxyl groups is 1. The molecule has 31 heavy (non-hydrogen) atoms. The Bertz CT molecular complexity index is 1120. The van der Waals surface area contributed by atoms with E-state index in [0.717, 1.165) is 46.2 Å². The van der Waals surface area contributed by atoms with E-state index in [2.05, 4.69) is 26.8 Å². The lowest BCUT2D eigenvalue weighted by molar-refractivity contribution is 0.415. The Morgan fingerprint density at radius 1 is 1.03 bits per heavy atom. The lowest BCUT2D eigenvalue weighted by Crippen LogP contribution is -2.16. The second-order valence-electron chi connectivity index (χ2n) is 7.27. The van der Waals surface area contributed by atoms with Crippen LogP contribution in [0.15, 0.2) is 60.8 Å². The van der Waals surface area contributed by atoms with Crippen LogP contribution in [-0.2, 0) is 0 Å². The number of nitrogens with zero attached hydrogens (tertiary/aromatic N) is 4. The topological polar surface area (TPSA) is 77.5 Å². The number of aromatic nitrogens is 3. The fourth-order valence-electron chi connectivity index (χ4n) is 3.05. The Morgan fingerprint density at radius 2 is 1.81 bits per heavy atom. The Labute approximate surface area is 182 Å². The largest absolute Gasteiger partial charge is 0.508 e. The van der Waals surface area contributed by atoms with E-state index in [1.165, 1.54) is 0 Å². The smallest absolute Gasteiger partial charge is 0.142 e. The molecule has 0 amide bonds. The molecule has 0 spiro atoms. The monoisotopic (exact) mass is 419 g/mol. The number of benzene rings is 2. The number of H-pyrrole nitrogens is 1. The number of phenolic OH excluding ortho intramolecular Hbond substituents is 1. The van der Waals surface area contributed by atoms with Gasteiger partial charge in [-0.05, 0) is 43.3 Å². The highest BCUT2D eigenvalue weighted by molar-refractivity contribution is 5.80. The predicted octanol–water partition coefficient (Wildman–Crippen LogP) is 4.55. The molecule has 7 nitrogen and oxygen atoms in total. The highest BCUT2D eigenvalue weighted by Gasteiger charge is 2.07. The first-order chi connectivity index (χ1) is 14.9. The van der Waals surface area contributed by atoms with Crippen molar-refractivity contribution in [3.8, 4) is 22.9 Å². The maximum Gasteiger partial charge on any atom is 0.142 e. The quantitative estimate of drug-likeness (QED) is 0.494. The van der Waals surface area contributed by atoms with Crippen LogP contribution in [-0.4, -0.2) is 54.9 Å². The van der Waals surface area contributed by atoms with Gasteiger partial charge in [-0.1, -0.05) is 12.1 Å². The van der Waals surface area contributed by atoms with Gasteiger partial charge in [0.1, 0.15) is 23.1 Å². The van der Waals surface area contributed by atoms with Crippen LogP contribution in [0.3, 0.4) is 0 Å². The predicted molar refractivity (Wildman–Crippen MR) is 127 cm³/mol. The lowest BCUT2D eigenvalue weighted by atomic mass is 10.2. The molecular weight excluding hydrogens is 390 g/mol. The van der Waals surface area contributed by atoms with Crippen LogP contribution in [0.5, 0.6) is 11.5 Å². The standard InChI is InChI=1S/C15H16N4O.C9H13NO/c1-3-19(2)14-7-4-10(9-16-14)15-17-12-6-5-11(20)8-13(12)18-15;1-10(2)8-6-4-5-7-9(8)11-3/h4-9,20H,3H2,1-2H3,(H,17,18);4-7H,1-3H3. The van der Waals surface area contributed by atoms with Gasteiger partial charge in [-0.15, -0.1) is 0 Å². The SMILES string of the molecule is CCN(C)c1ccc(-c2nc3ccc(O)cc3[nH]2)cn1.COc1ccccc1N(C)C. The number of nitrogens with one attached hydrogen (secondary N) is 1. The number of phenols is 1. The molecule has 0 saturated heterocycles. The van der Waals surface area contributed by atoms with Gasteiger partial charge in [-0.25, -0.2) is 9.97 Å². The summed E-state index contributed by atoms with van der Waals surface area (Å²) in [7, 11) is 7.68. The first-order valence-electron chi connectivity index (χ1n) is 10.1. The first-order valence-corrected chi connectivity index (χ1v) is 10.1. The fourth-order valence-corrected chi connectivity index (χ4v) is 3.05. The maximum absolute atomic E-state index is 9.47. The van der Waals surface area contributed by atoms with Crippen LogP contribution in [0.25, 0.3) is 22.4 Å². The highest BCUT2D eigenvalue weighted by atomic mass is 16.5. The lowest BCUT2D eigenvalue weighted by Gasteiger charge is -2.15. The van der Waals surface area contributed by atoms with E-state index in [4.69, 9.17) is 4.74 Å². The van der Waals surface area contributed by atoms with Gasteiger partial charge in [-0.3, -0.25) is 0 Å². The van der Waals surface area contributed by atoms with E-state index in [-0.39, 0.29) is 5.75 Å². The molecule has 2 heterocycles. The number of pyridine rings is 1. The van der Waals surface area contributed by atoms with Crippen LogP contribution in [0, 0.1) is 0 Å². The van der Waals surface area contributed by atoms with Gasteiger partial charge in [0.2, 0.25) is 0 Å². The van der Waals surface area contributed by atoms with E-state index < -0.39 is 0 Å². The van der Waals surface area contributed by atoms with Crippen LogP contribution >= 0.6 is 0 Å². The van der Waals surface area contributed by atoms with E-state index in [1.807, 2.05) is 62.4 Å². The van der Waals surface area contributed by atoms with E-state index in [9.17, 15) is 5.11 Å². The zero-order valence-electron chi connectivity index (χ0n) is 18.6. The van der Waals surface area contributed by atoms with Crippen molar-refractivity contribution in [3.63, 3.8) is 0 Å². The third-order valence-electron chi connectivity index (χ3n) is 4.92. The number of hydrogen-bond acceptors (Lipinski definition) is 6. The van der Waals surface area contributed by atoms with E-state index in [0.29, 0.717) is 0 Å². The number of hydrogen-bond donors (Lipinski definition) is 2. The van der Waals surface area contributed by atoms with Crippen molar-refractivity contribution in [2.24, 2.45) is 0 Å². The average Bonchev–Trinajstić information content (AvgIpc) is 3.22. The molecular formula is C24H29N5O2. The Hall–Kier alpha value is -3.74. The normalized spacial score (nSPS) is 10.4. The van der Waals surface area contributed by atoms with E-state index in [1.54, 1.807) is 31.5 Å². The molecule has 4 aromatic rings. The minimum Gasteiger partial charge on any atom is -0.508 e. The van der Waals surface area contributed by atoms with Gasteiger partial charge in [-0.2, -0.15) is 0 Å². The molecule has 0 bridgehead atoms. The molecule has 162 valence electrons. The van der Waals surface area contributed by atoms with Gasteiger partial charge in [0.25, 0.3) is 0 Å². The number of methoxy groups -OCH3 is 1. The molecule has 0 aliphatic heterocycles. The molecule has 0 radical (unpaired) electrons. The molecule has 2 aromatic carbocycles. The molecule has 4 rings (SSSR count). The van der Waals surface area contributed by atoms with Gasteiger partial charge in [0, 0.05) is 45.5 Å². The zero-order valence-corrected chi connectivity index (χ0v) is 18.6. The summed E-state index contributed by atoms with van der Waals surface area (Å²) in [6.45, 7) is 3.00. The zero-order chi connectivity index (χ0) is 22.4. The molecule has 2 aromatic heterocycles. The van der Waals surface area contributed by atoms with Crippen molar-refractivity contribution < 1.29 is 9.84 Å². The number of anilines is 2. The third-order valence-corrected chi connectivity index (χ3v) is 4.92. The van der Waals surface area contributed by atoms with Crippen molar-refractivity contribution in [2.75, 3.05) is 44.6 Å². The second-order valence-corrected chi connectivity index (χ2v) is 7.27. The first kappa shape index (κ1) is 22.0. The second kappa shape index (κ2) is 9.84. The molecule has 7 heteroatoms. The van der Waals surface area contributed by atoms with Crippen LogP contribution in [0.2, 0.25) is 0 Å². The molecule has 0 atom stereocenters. The number of aromatic amines is 1. The third kappa shape index (κ3) is 5.25. The summed E-state index contributed by atoms with van der Waals surface area (Å²) in [4.78, 5) is 16.2. The minimum atomic E-state index is 0.228.